The van der Waals surface area contributed by atoms with E-state index in [1.165, 1.54) is 11.2 Å². The molecule has 25 heavy (non-hydrogen) atoms. The maximum Gasteiger partial charge on any atom is 0.406 e. The lowest BCUT2D eigenvalue weighted by atomic mass is 10.0. The van der Waals surface area contributed by atoms with Gasteiger partial charge in [0.2, 0.25) is 11.8 Å². The lowest BCUT2D eigenvalue weighted by Gasteiger charge is -2.32. The third kappa shape index (κ3) is 4.35. The normalized spacial score (nSPS) is 22.3. The van der Waals surface area contributed by atoms with E-state index in [1.54, 1.807) is 19.1 Å². The van der Waals surface area contributed by atoms with Gasteiger partial charge in [0, 0.05) is 19.0 Å². The Bertz CT molecular complexity index is 626. The first-order valence-electron chi connectivity index (χ1n) is 8.42. The molecule has 8 heteroatoms. The minimum absolute atomic E-state index is 0.0503. The molecule has 1 aromatic rings. The van der Waals surface area contributed by atoms with Gasteiger partial charge in [-0.15, -0.1) is 0 Å². The second-order valence-corrected chi connectivity index (χ2v) is 6.91. The first-order valence-corrected chi connectivity index (χ1v) is 8.42. The minimum Gasteiger partial charge on any atom is -0.467 e. The maximum atomic E-state index is 12.9. The lowest BCUT2D eigenvalue weighted by molar-refractivity contribution is -0.168. The number of likely N-dealkylation sites (tertiary alicyclic amines) is 1. The van der Waals surface area contributed by atoms with Crippen LogP contribution >= 0.6 is 0 Å². The van der Waals surface area contributed by atoms with Gasteiger partial charge in [-0.25, -0.2) is 0 Å². The number of carbonyl (C=O) groups excluding carboxylic acids is 2. The monoisotopic (exact) mass is 358 g/mol. The van der Waals surface area contributed by atoms with Crippen molar-refractivity contribution in [2.45, 2.75) is 44.9 Å². The molecule has 0 radical (unpaired) electrons. The Morgan fingerprint density at radius 2 is 2.16 bits per heavy atom. The Kier molecular flexibility index (Phi) is 4.79. The molecule has 1 aromatic heterocycles. The van der Waals surface area contributed by atoms with Crippen molar-refractivity contribution in [3.05, 3.63) is 24.2 Å². The highest BCUT2D eigenvalue weighted by molar-refractivity contribution is 5.89. The van der Waals surface area contributed by atoms with Crippen LogP contribution in [0.15, 0.2) is 22.8 Å². The zero-order valence-corrected chi connectivity index (χ0v) is 14.0. The molecule has 2 heterocycles. The van der Waals surface area contributed by atoms with Gasteiger partial charge in [-0.3, -0.25) is 9.59 Å². The fourth-order valence-electron chi connectivity index (χ4n) is 3.36. The van der Waals surface area contributed by atoms with E-state index in [9.17, 15) is 22.8 Å². The van der Waals surface area contributed by atoms with E-state index in [0.29, 0.717) is 5.76 Å². The Labute approximate surface area is 143 Å². The third-order valence-electron chi connectivity index (χ3n) is 4.92. The van der Waals surface area contributed by atoms with Crippen LogP contribution in [0.2, 0.25) is 0 Å². The summed E-state index contributed by atoms with van der Waals surface area (Å²) in [5, 5.41) is 0. The van der Waals surface area contributed by atoms with E-state index in [0.717, 1.165) is 17.7 Å². The highest BCUT2D eigenvalue weighted by Gasteiger charge is 2.44. The van der Waals surface area contributed by atoms with Crippen molar-refractivity contribution in [3.63, 3.8) is 0 Å². The van der Waals surface area contributed by atoms with Gasteiger partial charge >= 0.3 is 6.18 Å². The number of amides is 2. The summed E-state index contributed by atoms with van der Waals surface area (Å²) >= 11 is 0. The van der Waals surface area contributed by atoms with Crippen LogP contribution in [-0.2, 0) is 16.1 Å². The molecule has 0 bridgehead atoms. The first kappa shape index (κ1) is 17.8. The van der Waals surface area contributed by atoms with Crippen LogP contribution in [0, 0.1) is 11.8 Å². The van der Waals surface area contributed by atoms with Crippen LogP contribution in [0.5, 0.6) is 0 Å². The Morgan fingerprint density at radius 3 is 2.72 bits per heavy atom. The highest BCUT2D eigenvalue weighted by Crippen LogP contribution is 2.37. The summed E-state index contributed by atoms with van der Waals surface area (Å²) < 4.78 is 43.9. The van der Waals surface area contributed by atoms with E-state index in [2.05, 4.69) is 0 Å². The van der Waals surface area contributed by atoms with Crippen molar-refractivity contribution >= 4 is 11.8 Å². The van der Waals surface area contributed by atoms with Gasteiger partial charge in [0.05, 0.1) is 18.7 Å². The van der Waals surface area contributed by atoms with Crippen LogP contribution in [0.1, 0.15) is 31.9 Å². The van der Waals surface area contributed by atoms with Crippen molar-refractivity contribution in [3.8, 4) is 0 Å². The van der Waals surface area contributed by atoms with Crippen LogP contribution in [0.4, 0.5) is 13.2 Å². The maximum absolute atomic E-state index is 12.9. The predicted octanol–water partition coefficient (Wildman–Crippen LogP) is 2.82. The number of carbonyl (C=O) groups is 2. The average molecular weight is 358 g/mol. The number of hydrogen-bond donors (Lipinski definition) is 0. The largest absolute Gasteiger partial charge is 0.467 e. The molecule has 0 spiro atoms. The fourth-order valence-corrected chi connectivity index (χ4v) is 3.36. The summed E-state index contributed by atoms with van der Waals surface area (Å²) in [5.41, 5.74) is 0. The molecule has 1 aliphatic carbocycles. The van der Waals surface area contributed by atoms with Crippen molar-refractivity contribution in [1.82, 2.24) is 9.80 Å². The van der Waals surface area contributed by atoms with Crippen LogP contribution in [-0.4, -0.2) is 46.9 Å². The van der Waals surface area contributed by atoms with E-state index in [-0.39, 0.29) is 31.3 Å². The SMILES string of the molecule is C[C@H](C1CC1)N(CC(F)(F)F)C(=O)[C@@H]1CC(=O)N(Cc2ccco2)C1. The number of halogens is 3. The molecule has 2 atom stereocenters. The molecule has 2 aliphatic rings. The quantitative estimate of drug-likeness (QED) is 0.786. The summed E-state index contributed by atoms with van der Waals surface area (Å²) in [6, 6.07) is 2.96. The molecule has 0 unspecified atom stereocenters. The second kappa shape index (κ2) is 6.72. The Balaban J connectivity index is 1.68. The second-order valence-electron chi connectivity index (χ2n) is 6.91. The molecule has 2 amide bonds. The molecule has 138 valence electrons. The molecule has 0 aromatic carbocycles. The number of rotatable bonds is 6. The van der Waals surface area contributed by atoms with Gasteiger partial charge in [0.1, 0.15) is 12.3 Å². The van der Waals surface area contributed by atoms with Gasteiger partial charge in [0.15, 0.2) is 0 Å². The van der Waals surface area contributed by atoms with Crippen LogP contribution in [0.3, 0.4) is 0 Å². The lowest BCUT2D eigenvalue weighted by Crippen LogP contribution is -2.48. The molecule has 2 fully saturated rings. The first-order chi connectivity index (χ1) is 11.7. The van der Waals surface area contributed by atoms with Gasteiger partial charge in [-0.2, -0.15) is 13.2 Å². The summed E-state index contributed by atoms with van der Waals surface area (Å²) in [6.07, 6.45) is -1.32. The molecule has 3 rings (SSSR count). The van der Waals surface area contributed by atoms with Crippen LogP contribution < -0.4 is 0 Å². The van der Waals surface area contributed by atoms with Crippen LogP contribution in [0.25, 0.3) is 0 Å². The van der Waals surface area contributed by atoms with Crippen molar-refractivity contribution < 1.29 is 27.2 Å². The van der Waals surface area contributed by atoms with Gasteiger partial charge in [-0.1, -0.05) is 0 Å². The van der Waals surface area contributed by atoms with Gasteiger partial charge in [-0.05, 0) is 37.8 Å². The molecular formula is C17H21F3N2O3. The Hall–Kier alpha value is -1.99. The smallest absolute Gasteiger partial charge is 0.406 e. The van der Waals surface area contributed by atoms with E-state index < -0.39 is 30.6 Å². The molecule has 1 saturated heterocycles. The number of nitrogens with zero attached hydrogens (tertiary/aromatic N) is 2. The molecular weight excluding hydrogens is 337 g/mol. The molecule has 0 N–H and O–H groups in total. The average Bonchev–Trinajstić information content (AvgIpc) is 3.14. The van der Waals surface area contributed by atoms with E-state index in [4.69, 9.17) is 4.42 Å². The van der Waals surface area contributed by atoms with Crippen molar-refractivity contribution in [1.29, 1.82) is 0 Å². The minimum atomic E-state index is -4.45. The number of alkyl halides is 3. The molecule has 1 aliphatic heterocycles. The van der Waals surface area contributed by atoms with E-state index in [1.807, 2.05) is 0 Å². The summed E-state index contributed by atoms with van der Waals surface area (Å²) in [5.74, 6) is -0.832. The fraction of sp³-hybridized carbons (Fsp3) is 0.647. The summed E-state index contributed by atoms with van der Waals surface area (Å²) in [6.45, 7) is 0.766. The van der Waals surface area contributed by atoms with Gasteiger partial charge < -0.3 is 14.2 Å². The highest BCUT2D eigenvalue weighted by atomic mass is 19.4. The van der Waals surface area contributed by atoms with Gasteiger partial charge in [0.25, 0.3) is 0 Å². The topological polar surface area (TPSA) is 53.8 Å². The van der Waals surface area contributed by atoms with Crippen molar-refractivity contribution in [2.75, 3.05) is 13.1 Å². The summed E-state index contributed by atoms with van der Waals surface area (Å²) in [7, 11) is 0. The molecule has 1 saturated carbocycles. The zero-order chi connectivity index (χ0) is 18.2. The third-order valence-corrected chi connectivity index (χ3v) is 4.92. The Morgan fingerprint density at radius 1 is 1.44 bits per heavy atom. The standard InChI is InChI=1S/C17H21F3N2O3/c1-11(12-4-5-12)22(10-17(18,19)20)16(24)13-7-15(23)21(8-13)9-14-3-2-6-25-14/h2-3,6,11-13H,4-5,7-10H2,1H3/t11-,13-/m1/s1. The predicted molar refractivity (Wildman–Crippen MR) is 82.2 cm³/mol. The number of hydrogen-bond acceptors (Lipinski definition) is 3. The molecule has 5 nitrogen and oxygen atoms in total. The number of furan rings is 1. The summed E-state index contributed by atoms with van der Waals surface area (Å²) in [4.78, 5) is 27.2. The zero-order valence-electron chi connectivity index (χ0n) is 14.0. The van der Waals surface area contributed by atoms with Crippen molar-refractivity contribution in [2.24, 2.45) is 11.8 Å². The van der Waals surface area contributed by atoms with E-state index >= 15 is 0 Å².